The zero-order valence-corrected chi connectivity index (χ0v) is 10.2. The Hall–Kier alpha value is -1.82. The summed E-state index contributed by atoms with van der Waals surface area (Å²) in [5, 5.41) is 10.7. The Labute approximate surface area is 108 Å². The Morgan fingerprint density at radius 2 is 2.28 bits per heavy atom. The van der Waals surface area contributed by atoms with Gasteiger partial charge in [-0.15, -0.1) is 11.6 Å². The van der Waals surface area contributed by atoms with Gasteiger partial charge in [0.2, 0.25) is 0 Å². The summed E-state index contributed by atoms with van der Waals surface area (Å²) < 4.78 is 5.23. The van der Waals surface area contributed by atoms with Gasteiger partial charge >= 0.3 is 0 Å². The molecule has 0 saturated heterocycles. The molecular formula is C11H11ClN2O4. The summed E-state index contributed by atoms with van der Waals surface area (Å²) in [4.78, 5) is 23.4. The number of nitro groups is 1. The molecule has 1 aromatic rings. The molecule has 1 aliphatic heterocycles. The van der Waals surface area contributed by atoms with E-state index in [1.54, 1.807) is 0 Å². The van der Waals surface area contributed by atoms with Gasteiger partial charge in [-0.1, -0.05) is 0 Å². The fourth-order valence-electron chi connectivity index (χ4n) is 1.77. The average Bonchev–Trinajstić information content (AvgIpc) is 2.37. The van der Waals surface area contributed by atoms with Crippen LogP contribution in [0, 0.1) is 10.1 Å². The fraction of sp³-hybridized carbons (Fsp3) is 0.364. The molecule has 7 heteroatoms. The summed E-state index contributed by atoms with van der Waals surface area (Å²) in [5.74, 6) is 0.692. The molecular weight excluding hydrogens is 260 g/mol. The summed E-state index contributed by atoms with van der Waals surface area (Å²) >= 11 is 5.60. The van der Waals surface area contributed by atoms with Crippen molar-refractivity contribution in [2.75, 3.05) is 23.9 Å². The monoisotopic (exact) mass is 270 g/mol. The molecule has 0 atom stereocenters. The summed E-state index contributed by atoms with van der Waals surface area (Å²) in [6, 6.07) is 4.21. The van der Waals surface area contributed by atoms with Crippen molar-refractivity contribution in [3.05, 3.63) is 28.3 Å². The number of non-ortho nitro benzene ring substituents is 1. The first kappa shape index (κ1) is 12.6. The summed E-state index contributed by atoms with van der Waals surface area (Å²) in [6.45, 7) is 0.382. The van der Waals surface area contributed by atoms with Crippen LogP contribution in [0.25, 0.3) is 0 Å². The molecule has 0 aliphatic carbocycles. The number of rotatable bonds is 4. The Morgan fingerprint density at radius 3 is 2.94 bits per heavy atom. The molecule has 2 rings (SSSR count). The Bertz CT molecular complexity index is 492. The van der Waals surface area contributed by atoms with E-state index in [0.29, 0.717) is 30.3 Å². The first-order chi connectivity index (χ1) is 8.63. The van der Waals surface area contributed by atoms with E-state index in [1.165, 1.54) is 23.1 Å². The quantitative estimate of drug-likeness (QED) is 0.476. The van der Waals surface area contributed by atoms with Crippen LogP contribution in [0.2, 0.25) is 0 Å². The lowest BCUT2D eigenvalue weighted by molar-refractivity contribution is -0.384. The lowest BCUT2D eigenvalue weighted by Gasteiger charge is -2.28. The molecule has 0 spiro atoms. The predicted octanol–water partition coefficient (Wildman–Crippen LogP) is 1.95. The molecule has 0 bridgehead atoms. The van der Waals surface area contributed by atoms with Gasteiger partial charge in [-0.25, -0.2) is 0 Å². The number of carbonyl (C=O) groups excluding carboxylic acids is 1. The molecule has 0 saturated carbocycles. The number of nitro benzene ring substituents is 1. The highest BCUT2D eigenvalue weighted by molar-refractivity contribution is 6.17. The molecule has 0 N–H and O–H groups in total. The van der Waals surface area contributed by atoms with Crippen LogP contribution in [-0.2, 0) is 4.79 Å². The highest BCUT2D eigenvalue weighted by Crippen LogP contribution is 2.35. The lowest BCUT2D eigenvalue weighted by Crippen LogP contribution is -2.39. The van der Waals surface area contributed by atoms with E-state index in [1.807, 2.05) is 0 Å². The lowest BCUT2D eigenvalue weighted by atomic mass is 10.2. The van der Waals surface area contributed by atoms with Crippen molar-refractivity contribution in [2.24, 2.45) is 0 Å². The van der Waals surface area contributed by atoms with Crippen LogP contribution >= 0.6 is 11.6 Å². The van der Waals surface area contributed by atoms with E-state index < -0.39 is 4.92 Å². The molecule has 1 aromatic carbocycles. The second-order valence-electron chi connectivity index (χ2n) is 3.79. The normalized spacial score (nSPS) is 14.1. The minimum absolute atomic E-state index is 0.0485. The molecule has 0 fully saturated rings. The standard InChI is InChI=1S/C11H11ClN2O4/c12-4-1-5-13-9-6-8(14(16)17)2-3-10(9)18-7-11(13)15/h2-3,6H,1,4-5,7H2. The fourth-order valence-corrected chi connectivity index (χ4v) is 1.89. The third kappa shape index (κ3) is 2.38. The third-order valence-electron chi connectivity index (χ3n) is 2.61. The maximum absolute atomic E-state index is 11.7. The molecule has 0 radical (unpaired) electrons. The average molecular weight is 271 g/mol. The Balaban J connectivity index is 2.36. The van der Waals surface area contributed by atoms with Crippen molar-refractivity contribution in [3.63, 3.8) is 0 Å². The van der Waals surface area contributed by atoms with Crippen LogP contribution in [-0.4, -0.2) is 29.9 Å². The second-order valence-corrected chi connectivity index (χ2v) is 4.16. The zero-order valence-electron chi connectivity index (χ0n) is 9.47. The van der Waals surface area contributed by atoms with Gasteiger partial charge in [-0.3, -0.25) is 14.9 Å². The van der Waals surface area contributed by atoms with E-state index in [0.717, 1.165) is 0 Å². The minimum atomic E-state index is -0.501. The molecule has 1 heterocycles. The SMILES string of the molecule is O=C1COc2ccc([N+](=O)[O-])cc2N1CCCCl. The third-order valence-corrected chi connectivity index (χ3v) is 2.88. The van der Waals surface area contributed by atoms with Crippen molar-refractivity contribution >= 4 is 28.9 Å². The number of nitrogens with zero attached hydrogens (tertiary/aromatic N) is 2. The number of alkyl halides is 1. The smallest absolute Gasteiger partial charge is 0.271 e. The highest BCUT2D eigenvalue weighted by Gasteiger charge is 2.26. The number of halogens is 1. The second kappa shape index (κ2) is 5.22. The number of hydrogen-bond donors (Lipinski definition) is 0. The summed E-state index contributed by atoms with van der Waals surface area (Å²) in [7, 11) is 0. The number of benzene rings is 1. The van der Waals surface area contributed by atoms with Crippen molar-refractivity contribution in [3.8, 4) is 5.75 Å². The molecule has 0 aromatic heterocycles. The van der Waals surface area contributed by atoms with Crippen LogP contribution in [0.3, 0.4) is 0 Å². The van der Waals surface area contributed by atoms with Crippen molar-refractivity contribution in [1.82, 2.24) is 0 Å². The van der Waals surface area contributed by atoms with Crippen LogP contribution in [0.5, 0.6) is 5.75 Å². The topological polar surface area (TPSA) is 72.7 Å². The van der Waals surface area contributed by atoms with E-state index in [2.05, 4.69) is 0 Å². The van der Waals surface area contributed by atoms with Crippen molar-refractivity contribution < 1.29 is 14.5 Å². The minimum Gasteiger partial charge on any atom is -0.482 e. The molecule has 0 unspecified atom stereocenters. The van der Waals surface area contributed by atoms with E-state index in [4.69, 9.17) is 16.3 Å². The van der Waals surface area contributed by atoms with Gasteiger partial charge in [-0.2, -0.15) is 0 Å². The van der Waals surface area contributed by atoms with E-state index in [-0.39, 0.29) is 18.2 Å². The van der Waals surface area contributed by atoms with Crippen molar-refractivity contribution in [2.45, 2.75) is 6.42 Å². The first-order valence-electron chi connectivity index (χ1n) is 5.41. The van der Waals surface area contributed by atoms with E-state index >= 15 is 0 Å². The molecule has 6 nitrogen and oxygen atoms in total. The van der Waals surface area contributed by atoms with Gasteiger partial charge in [0, 0.05) is 24.6 Å². The van der Waals surface area contributed by atoms with Crippen LogP contribution in [0.1, 0.15) is 6.42 Å². The first-order valence-corrected chi connectivity index (χ1v) is 5.94. The molecule has 1 amide bonds. The van der Waals surface area contributed by atoms with Crippen LogP contribution in [0.4, 0.5) is 11.4 Å². The number of anilines is 1. The number of fused-ring (bicyclic) bond motifs is 1. The number of ether oxygens (including phenoxy) is 1. The maximum atomic E-state index is 11.7. The maximum Gasteiger partial charge on any atom is 0.271 e. The van der Waals surface area contributed by atoms with Gasteiger partial charge in [-0.05, 0) is 12.5 Å². The summed E-state index contributed by atoms with van der Waals surface area (Å²) in [5.41, 5.74) is 0.369. The number of hydrogen-bond acceptors (Lipinski definition) is 4. The number of carbonyl (C=O) groups is 1. The summed E-state index contributed by atoms with van der Waals surface area (Å²) in [6.07, 6.45) is 0.620. The molecule has 96 valence electrons. The Kier molecular flexibility index (Phi) is 3.66. The van der Waals surface area contributed by atoms with E-state index in [9.17, 15) is 14.9 Å². The Morgan fingerprint density at radius 1 is 1.50 bits per heavy atom. The van der Waals surface area contributed by atoms with Crippen LogP contribution < -0.4 is 9.64 Å². The van der Waals surface area contributed by atoms with Gasteiger partial charge in [0.05, 0.1) is 10.6 Å². The van der Waals surface area contributed by atoms with Gasteiger partial charge in [0.15, 0.2) is 6.61 Å². The molecule has 18 heavy (non-hydrogen) atoms. The van der Waals surface area contributed by atoms with Gasteiger partial charge < -0.3 is 9.64 Å². The zero-order chi connectivity index (χ0) is 13.1. The highest BCUT2D eigenvalue weighted by atomic mass is 35.5. The predicted molar refractivity (Wildman–Crippen MR) is 66.3 cm³/mol. The van der Waals surface area contributed by atoms with Crippen LogP contribution in [0.15, 0.2) is 18.2 Å². The van der Waals surface area contributed by atoms with Crippen molar-refractivity contribution in [1.29, 1.82) is 0 Å². The molecule has 1 aliphatic rings. The van der Waals surface area contributed by atoms with Gasteiger partial charge in [0.25, 0.3) is 11.6 Å². The largest absolute Gasteiger partial charge is 0.482 e. The number of amides is 1. The van der Waals surface area contributed by atoms with Gasteiger partial charge in [0.1, 0.15) is 5.75 Å².